The van der Waals surface area contributed by atoms with Gasteiger partial charge in [-0.25, -0.2) is 0 Å². The lowest BCUT2D eigenvalue weighted by molar-refractivity contribution is -0.122. The molecule has 21 heavy (non-hydrogen) atoms. The number of hydrogen-bond acceptors (Lipinski definition) is 2. The van der Waals surface area contributed by atoms with E-state index in [1.165, 1.54) is 19.3 Å². The molecule has 1 fully saturated rings. The Morgan fingerprint density at radius 2 is 1.81 bits per heavy atom. The van der Waals surface area contributed by atoms with E-state index in [1.807, 2.05) is 25.1 Å². The Morgan fingerprint density at radius 3 is 2.48 bits per heavy atom. The number of nitrogens with one attached hydrogen (secondary N) is 2. The van der Waals surface area contributed by atoms with Crippen molar-refractivity contribution in [2.75, 3.05) is 0 Å². The lowest BCUT2D eigenvalue weighted by Crippen LogP contribution is -2.41. The molecule has 0 radical (unpaired) electrons. The van der Waals surface area contributed by atoms with Crippen molar-refractivity contribution in [2.45, 2.75) is 57.5 Å². The number of amides is 2. The highest BCUT2D eigenvalue weighted by atomic mass is 16.2. The molecular weight excluding hydrogens is 264 g/mol. The van der Waals surface area contributed by atoms with Crippen molar-refractivity contribution in [3.05, 3.63) is 35.9 Å². The second kappa shape index (κ2) is 7.81. The molecule has 0 bridgehead atoms. The average molecular weight is 288 g/mol. The molecule has 1 aliphatic rings. The molecule has 4 heteroatoms. The van der Waals surface area contributed by atoms with Crippen LogP contribution in [0.25, 0.3) is 0 Å². The summed E-state index contributed by atoms with van der Waals surface area (Å²) in [6.07, 6.45) is 6.16. The van der Waals surface area contributed by atoms with Gasteiger partial charge in [-0.05, 0) is 31.9 Å². The van der Waals surface area contributed by atoms with Gasteiger partial charge in [0, 0.05) is 24.1 Å². The van der Waals surface area contributed by atoms with Gasteiger partial charge in [0.25, 0.3) is 5.91 Å². The zero-order valence-corrected chi connectivity index (χ0v) is 12.6. The van der Waals surface area contributed by atoms with Crippen LogP contribution in [0.15, 0.2) is 30.3 Å². The summed E-state index contributed by atoms with van der Waals surface area (Å²) >= 11 is 0. The maximum atomic E-state index is 12.0. The van der Waals surface area contributed by atoms with Gasteiger partial charge in [0.15, 0.2) is 0 Å². The van der Waals surface area contributed by atoms with Crippen LogP contribution in [-0.2, 0) is 4.79 Å². The fourth-order valence-electron chi connectivity index (χ4n) is 2.76. The van der Waals surface area contributed by atoms with E-state index < -0.39 is 0 Å². The van der Waals surface area contributed by atoms with Crippen LogP contribution in [0.3, 0.4) is 0 Å². The Balaban J connectivity index is 1.74. The van der Waals surface area contributed by atoms with Crippen molar-refractivity contribution in [1.82, 2.24) is 10.6 Å². The van der Waals surface area contributed by atoms with Crippen molar-refractivity contribution in [3.63, 3.8) is 0 Å². The summed E-state index contributed by atoms with van der Waals surface area (Å²) in [7, 11) is 0. The fraction of sp³-hybridized carbons (Fsp3) is 0.529. The molecular formula is C17H24N2O2. The molecule has 1 saturated carbocycles. The van der Waals surface area contributed by atoms with Gasteiger partial charge in [0.05, 0.1) is 0 Å². The average Bonchev–Trinajstić information content (AvgIpc) is 2.48. The molecule has 0 spiro atoms. The second-order valence-corrected chi connectivity index (χ2v) is 5.85. The predicted octanol–water partition coefficient (Wildman–Crippen LogP) is 2.64. The molecule has 0 heterocycles. The topological polar surface area (TPSA) is 58.2 Å². The van der Waals surface area contributed by atoms with Crippen molar-refractivity contribution in [1.29, 1.82) is 0 Å². The van der Waals surface area contributed by atoms with E-state index >= 15 is 0 Å². The molecule has 0 saturated heterocycles. The van der Waals surface area contributed by atoms with Crippen LogP contribution < -0.4 is 10.6 Å². The zero-order chi connectivity index (χ0) is 15.1. The highest BCUT2D eigenvalue weighted by Gasteiger charge is 2.18. The molecule has 2 rings (SSSR count). The molecule has 2 amide bonds. The van der Waals surface area contributed by atoms with Gasteiger partial charge < -0.3 is 10.6 Å². The summed E-state index contributed by atoms with van der Waals surface area (Å²) in [6.45, 7) is 1.86. The lowest BCUT2D eigenvalue weighted by Gasteiger charge is -2.23. The van der Waals surface area contributed by atoms with E-state index in [0.29, 0.717) is 18.0 Å². The van der Waals surface area contributed by atoms with Gasteiger partial charge in [0.2, 0.25) is 5.91 Å². The standard InChI is InChI=1S/C17H24N2O2/c1-13(18-17(21)14-8-4-2-5-9-14)12-16(20)19-15-10-6-3-7-11-15/h2,4-5,8-9,13,15H,3,6-7,10-12H2,1H3,(H,18,21)(H,19,20)/t13-/m1/s1. The summed E-state index contributed by atoms with van der Waals surface area (Å²) in [5.74, 6) is -0.101. The first-order valence-electron chi connectivity index (χ1n) is 7.80. The normalized spacial score (nSPS) is 17.0. The van der Waals surface area contributed by atoms with Crippen molar-refractivity contribution < 1.29 is 9.59 Å². The maximum Gasteiger partial charge on any atom is 0.251 e. The van der Waals surface area contributed by atoms with Crippen LogP contribution in [0.1, 0.15) is 55.8 Å². The molecule has 0 unspecified atom stereocenters. The van der Waals surface area contributed by atoms with E-state index in [0.717, 1.165) is 12.8 Å². The largest absolute Gasteiger partial charge is 0.353 e. The number of hydrogen-bond donors (Lipinski definition) is 2. The summed E-state index contributed by atoms with van der Waals surface area (Å²) in [6, 6.07) is 9.22. The van der Waals surface area contributed by atoms with Gasteiger partial charge in [-0.15, -0.1) is 0 Å². The Kier molecular flexibility index (Phi) is 5.78. The van der Waals surface area contributed by atoms with Crippen molar-refractivity contribution in [2.24, 2.45) is 0 Å². The van der Waals surface area contributed by atoms with E-state index in [2.05, 4.69) is 10.6 Å². The predicted molar refractivity (Wildman–Crippen MR) is 83.0 cm³/mol. The maximum absolute atomic E-state index is 12.0. The highest BCUT2D eigenvalue weighted by Crippen LogP contribution is 2.17. The first kappa shape index (κ1) is 15.5. The van der Waals surface area contributed by atoms with E-state index in [1.54, 1.807) is 12.1 Å². The van der Waals surface area contributed by atoms with Gasteiger partial charge in [0.1, 0.15) is 0 Å². The van der Waals surface area contributed by atoms with E-state index in [4.69, 9.17) is 0 Å². The van der Waals surface area contributed by atoms with Gasteiger partial charge in [-0.3, -0.25) is 9.59 Å². The molecule has 1 aliphatic carbocycles. The van der Waals surface area contributed by atoms with Crippen LogP contribution in [0, 0.1) is 0 Å². The van der Waals surface area contributed by atoms with Crippen LogP contribution in [0.5, 0.6) is 0 Å². The number of carbonyl (C=O) groups is 2. The minimum Gasteiger partial charge on any atom is -0.353 e. The minimum atomic E-state index is -0.165. The molecule has 1 aromatic rings. The lowest BCUT2D eigenvalue weighted by atomic mass is 9.95. The summed E-state index contributed by atoms with van der Waals surface area (Å²) < 4.78 is 0. The SMILES string of the molecule is C[C@H](CC(=O)NC1CCCCC1)NC(=O)c1ccccc1. The third kappa shape index (κ3) is 5.21. The monoisotopic (exact) mass is 288 g/mol. The summed E-state index contributed by atoms with van der Waals surface area (Å²) in [5, 5.41) is 5.94. The summed E-state index contributed by atoms with van der Waals surface area (Å²) in [4.78, 5) is 24.0. The minimum absolute atomic E-state index is 0.0303. The second-order valence-electron chi connectivity index (χ2n) is 5.85. The molecule has 0 aliphatic heterocycles. The van der Waals surface area contributed by atoms with Gasteiger partial charge in [-0.2, -0.15) is 0 Å². The summed E-state index contributed by atoms with van der Waals surface area (Å²) in [5.41, 5.74) is 0.622. The van der Waals surface area contributed by atoms with Gasteiger partial charge >= 0.3 is 0 Å². The Labute approximate surface area is 126 Å². The molecule has 114 valence electrons. The first-order chi connectivity index (χ1) is 10.1. The Morgan fingerprint density at radius 1 is 1.14 bits per heavy atom. The fourth-order valence-corrected chi connectivity index (χ4v) is 2.76. The van der Waals surface area contributed by atoms with Crippen LogP contribution >= 0.6 is 0 Å². The third-order valence-corrected chi connectivity index (χ3v) is 3.88. The van der Waals surface area contributed by atoms with Gasteiger partial charge in [-0.1, -0.05) is 37.5 Å². The Hall–Kier alpha value is -1.84. The molecule has 4 nitrogen and oxygen atoms in total. The molecule has 2 N–H and O–H groups in total. The molecule has 1 atom stereocenters. The first-order valence-corrected chi connectivity index (χ1v) is 7.80. The van der Waals surface area contributed by atoms with E-state index in [-0.39, 0.29) is 17.9 Å². The third-order valence-electron chi connectivity index (χ3n) is 3.88. The van der Waals surface area contributed by atoms with Crippen molar-refractivity contribution >= 4 is 11.8 Å². The number of rotatable bonds is 5. The van der Waals surface area contributed by atoms with Crippen LogP contribution in [-0.4, -0.2) is 23.9 Å². The van der Waals surface area contributed by atoms with Crippen molar-refractivity contribution in [3.8, 4) is 0 Å². The molecule has 1 aromatic carbocycles. The van der Waals surface area contributed by atoms with Crippen LogP contribution in [0.2, 0.25) is 0 Å². The number of benzene rings is 1. The smallest absolute Gasteiger partial charge is 0.251 e. The zero-order valence-electron chi connectivity index (χ0n) is 12.6. The number of carbonyl (C=O) groups excluding carboxylic acids is 2. The quantitative estimate of drug-likeness (QED) is 0.875. The van der Waals surface area contributed by atoms with E-state index in [9.17, 15) is 9.59 Å². The highest BCUT2D eigenvalue weighted by molar-refractivity contribution is 5.94. The Bertz CT molecular complexity index is 467. The molecule has 0 aromatic heterocycles. The van der Waals surface area contributed by atoms with Crippen LogP contribution in [0.4, 0.5) is 0 Å².